The fraction of sp³-hybridized carbons (Fsp3) is 0.286. The van der Waals surface area contributed by atoms with Crippen LogP contribution in [0, 0.1) is 0 Å². The second kappa shape index (κ2) is 8.52. The van der Waals surface area contributed by atoms with Gasteiger partial charge in [-0.3, -0.25) is 4.79 Å². The van der Waals surface area contributed by atoms with Crippen LogP contribution in [0.4, 0.5) is 0 Å². The molecule has 2 heterocycles. The van der Waals surface area contributed by atoms with Crippen molar-refractivity contribution >= 4 is 27.9 Å². The molecule has 4 aromatic rings. The summed E-state index contributed by atoms with van der Waals surface area (Å²) in [5, 5.41) is 64.6. The van der Waals surface area contributed by atoms with Gasteiger partial charge in [0.2, 0.25) is 5.43 Å². The summed E-state index contributed by atoms with van der Waals surface area (Å²) in [6.07, 6.45) is -2.10. The topological polar surface area (TPSA) is 187 Å². The standard InChI is InChI=1S/C28H24O11/c1-3-4-10-7-9-8-11-15(22(32)14(9)28(36)38-10)17-18(25(35)20(11)30)26(37-2)27-19(24(17)34)23(33)16-13(39-27)6-5-12(29)21(16)31/h5-6,8,10,20,25,29-32,34-35H,3-4,7H2,1-2H3/t10?,20-,25+/m0/s1. The van der Waals surface area contributed by atoms with Crippen LogP contribution in [0.3, 0.4) is 0 Å². The average molecular weight is 536 g/mol. The monoisotopic (exact) mass is 536 g/mol. The third kappa shape index (κ3) is 3.23. The van der Waals surface area contributed by atoms with Crippen LogP contribution in [-0.4, -0.2) is 49.8 Å². The van der Waals surface area contributed by atoms with E-state index in [2.05, 4.69) is 0 Å². The van der Waals surface area contributed by atoms with E-state index < -0.39 is 63.5 Å². The number of ether oxygens (including phenoxy) is 2. The van der Waals surface area contributed by atoms with E-state index in [0.29, 0.717) is 12.0 Å². The predicted octanol–water partition coefficient (Wildman–Crippen LogP) is 3.41. The number of fused-ring (bicyclic) bond motifs is 6. The summed E-state index contributed by atoms with van der Waals surface area (Å²) in [6.45, 7) is 1.94. The Morgan fingerprint density at radius 2 is 1.69 bits per heavy atom. The molecule has 39 heavy (non-hydrogen) atoms. The molecular weight excluding hydrogens is 512 g/mol. The molecule has 0 spiro atoms. The summed E-state index contributed by atoms with van der Waals surface area (Å²) in [5.74, 6) is -3.71. The molecule has 6 rings (SSSR count). The molecule has 3 aromatic carbocycles. The highest BCUT2D eigenvalue weighted by atomic mass is 16.5. The van der Waals surface area contributed by atoms with Crippen molar-refractivity contribution in [2.45, 2.75) is 44.5 Å². The summed E-state index contributed by atoms with van der Waals surface area (Å²) in [6, 6.07) is 3.82. The molecule has 1 aromatic heterocycles. The smallest absolute Gasteiger partial charge is 0.342 e. The Balaban J connectivity index is 1.76. The minimum atomic E-state index is -1.69. The second-order valence-electron chi connectivity index (χ2n) is 9.75. The Hall–Kier alpha value is -4.48. The number of esters is 1. The summed E-state index contributed by atoms with van der Waals surface area (Å²) in [7, 11) is 1.22. The molecule has 0 saturated heterocycles. The molecule has 1 unspecified atom stereocenters. The lowest BCUT2D eigenvalue weighted by molar-refractivity contribution is 0.0134. The molecule has 0 amide bonds. The maximum absolute atomic E-state index is 13.6. The van der Waals surface area contributed by atoms with Crippen molar-refractivity contribution in [1.82, 2.24) is 0 Å². The van der Waals surface area contributed by atoms with Gasteiger partial charge in [-0.2, -0.15) is 0 Å². The fourth-order valence-electron chi connectivity index (χ4n) is 5.80. The first kappa shape index (κ1) is 24.8. The van der Waals surface area contributed by atoms with E-state index >= 15 is 0 Å². The highest BCUT2D eigenvalue weighted by molar-refractivity contribution is 6.07. The number of aliphatic hydroxyl groups is 2. The Labute approximate surface area is 219 Å². The SMILES string of the molecule is CCCC1Cc2cc3c(c(O)c2C(=O)O1)-c1c(c(OC)c2oc4ccc(O)c(O)c4c(=O)c2c1O)[C@@H](O)[C@H]3O. The summed E-state index contributed by atoms with van der Waals surface area (Å²) in [5.41, 5.74) is -1.73. The van der Waals surface area contributed by atoms with Gasteiger partial charge in [-0.1, -0.05) is 19.4 Å². The molecule has 3 atom stereocenters. The van der Waals surface area contributed by atoms with Gasteiger partial charge in [0.15, 0.2) is 22.8 Å². The normalized spacial score (nSPS) is 19.9. The van der Waals surface area contributed by atoms with Crippen LogP contribution in [0.25, 0.3) is 33.1 Å². The highest BCUT2D eigenvalue weighted by Crippen LogP contribution is 2.58. The van der Waals surface area contributed by atoms with Gasteiger partial charge in [-0.25, -0.2) is 4.79 Å². The third-order valence-corrected chi connectivity index (χ3v) is 7.52. The molecule has 11 heteroatoms. The van der Waals surface area contributed by atoms with E-state index in [1.807, 2.05) is 6.92 Å². The Bertz CT molecular complexity index is 1790. The molecule has 1 aliphatic carbocycles. The number of benzene rings is 3. The second-order valence-corrected chi connectivity index (χ2v) is 9.75. The lowest BCUT2D eigenvalue weighted by atomic mass is 9.77. The molecule has 0 radical (unpaired) electrons. The van der Waals surface area contributed by atoms with Gasteiger partial charge in [0.1, 0.15) is 51.7 Å². The van der Waals surface area contributed by atoms with Crippen molar-refractivity contribution in [3.05, 3.63) is 50.7 Å². The van der Waals surface area contributed by atoms with Crippen LogP contribution in [0.15, 0.2) is 27.4 Å². The minimum Gasteiger partial charge on any atom is -0.506 e. The largest absolute Gasteiger partial charge is 0.506 e. The number of rotatable bonds is 3. The van der Waals surface area contributed by atoms with E-state index in [4.69, 9.17) is 13.9 Å². The van der Waals surface area contributed by atoms with Crippen molar-refractivity contribution in [3.63, 3.8) is 0 Å². The van der Waals surface area contributed by atoms with E-state index in [0.717, 1.165) is 12.5 Å². The molecule has 6 N–H and O–H groups in total. The molecule has 0 bridgehead atoms. The fourth-order valence-corrected chi connectivity index (χ4v) is 5.80. The summed E-state index contributed by atoms with van der Waals surface area (Å²) < 4.78 is 16.8. The number of carbonyl (C=O) groups is 1. The lowest BCUT2D eigenvalue weighted by Gasteiger charge is -2.34. The van der Waals surface area contributed by atoms with Gasteiger partial charge >= 0.3 is 5.97 Å². The predicted molar refractivity (Wildman–Crippen MR) is 136 cm³/mol. The van der Waals surface area contributed by atoms with Gasteiger partial charge in [0, 0.05) is 23.1 Å². The van der Waals surface area contributed by atoms with Gasteiger partial charge in [-0.15, -0.1) is 0 Å². The van der Waals surface area contributed by atoms with Crippen LogP contribution in [0.1, 0.15) is 59.0 Å². The maximum atomic E-state index is 13.6. The molecule has 0 saturated carbocycles. The Kier molecular flexibility index (Phi) is 5.42. The maximum Gasteiger partial charge on any atom is 0.342 e. The van der Waals surface area contributed by atoms with Crippen LogP contribution >= 0.6 is 0 Å². The number of phenolic OH excluding ortho intramolecular Hbond substituents is 4. The summed E-state index contributed by atoms with van der Waals surface area (Å²) in [4.78, 5) is 26.5. The first-order chi connectivity index (χ1) is 18.6. The lowest BCUT2D eigenvalue weighted by Crippen LogP contribution is -2.29. The molecule has 2 aliphatic rings. The minimum absolute atomic E-state index is 0.0265. The number of cyclic esters (lactones) is 1. The molecular formula is C28H24O11. The summed E-state index contributed by atoms with van der Waals surface area (Å²) >= 11 is 0. The first-order valence-corrected chi connectivity index (χ1v) is 12.3. The molecule has 202 valence electrons. The molecule has 1 aliphatic heterocycles. The van der Waals surface area contributed by atoms with E-state index in [1.54, 1.807) is 0 Å². The number of hydrogen-bond donors (Lipinski definition) is 6. The van der Waals surface area contributed by atoms with Crippen LogP contribution in [0.5, 0.6) is 28.7 Å². The molecule has 0 fully saturated rings. The van der Waals surface area contributed by atoms with Crippen molar-refractivity contribution in [2.75, 3.05) is 7.11 Å². The van der Waals surface area contributed by atoms with Crippen LogP contribution < -0.4 is 10.2 Å². The number of phenols is 4. The van der Waals surface area contributed by atoms with E-state index in [1.165, 1.54) is 19.2 Å². The Morgan fingerprint density at radius 1 is 0.949 bits per heavy atom. The van der Waals surface area contributed by atoms with Crippen molar-refractivity contribution < 1.29 is 49.3 Å². The quantitative estimate of drug-likeness (QED) is 0.128. The highest BCUT2D eigenvalue weighted by Gasteiger charge is 2.43. The van der Waals surface area contributed by atoms with Gasteiger partial charge in [-0.05, 0) is 29.7 Å². The number of methoxy groups -OCH3 is 1. The zero-order chi connectivity index (χ0) is 27.9. The first-order valence-electron chi connectivity index (χ1n) is 12.3. The number of aromatic hydroxyl groups is 4. The number of hydrogen-bond acceptors (Lipinski definition) is 11. The number of aliphatic hydroxyl groups excluding tert-OH is 2. The van der Waals surface area contributed by atoms with Gasteiger partial charge < -0.3 is 44.5 Å². The van der Waals surface area contributed by atoms with Gasteiger partial charge in [0.25, 0.3) is 0 Å². The van der Waals surface area contributed by atoms with Crippen molar-refractivity contribution in [2.24, 2.45) is 0 Å². The van der Waals surface area contributed by atoms with Crippen molar-refractivity contribution in [1.29, 1.82) is 0 Å². The van der Waals surface area contributed by atoms with Crippen molar-refractivity contribution in [3.8, 4) is 39.9 Å². The molecule has 11 nitrogen and oxygen atoms in total. The number of carbonyl (C=O) groups excluding carboxylic acids is 1. The van der Waals surface area contributed by atoms with Crippen LogP contribution in [-0.2, 0) is 11.2 Å². The van der Waals surface area contributed by atoms with E-state index in [-0.39, 0.29) is 51.2 Å². The van der Waals surface area contributed by atoms with E-state index in [9.17, 15) is 40.2 Å². The zero-order valence-corrected chi connectivity index (χ0v) is 20.8. The third-order valence-electron chi connectivity index (χ3n) is 7.52. The average Bonchev–Trinajstić information content (AvgIpc) is 2.89. The zero-order valence-electron chi connectivity index (χ0n) is 20.8. The van der Waals surface area contributed by atoms with Crippen LogP contribution in [0.2, 0.25) is 0 Å². The van der Waals surface area contributed by atoms with Gasteiger partial charge in [0.05, 0.1) is 7.11 Å². The Morgan fingerprint density at radius 3 is 2.38 bits per heavy atom.